The Kier molecular flexibility index (Phi) is 1.06. The van der Waals surface area contributed by atoms with Crippen LogP contribution in [0.15, 0.2) is 0 Å². The van der Waals surface area contributed by atoms with Gasteiger partial charge >= 0.3 is 6.16 Å². The fraction of sp³-hybridized carbons (Fsp3) is 0.600. The third-order valence-corrected chi connectivity index (χ3v) is 1.19. The molecule has 1 saturated carbocycles. The Hall–Kier alpha value is -1.24. The van der Waals surface area contributed by atoms with E-state index in [0.29, 0.717) is 12.8 Å². The van der Waals surface area contributed by atoms with E-state index in [4.69, 9.17) is 10.4 Å². The lowest BCUT2D eigenvalue weighted by Crippen LogP contribution is -2.15. The van der Waals surface area contributed by atoms with Crippen molar-refractivity contribution in [1.82, 2.24) is 0 Å². The maximum Gasteiger partial charge on any atom is 0.507 e. The number of hydrogen-bond acceptors (Lipinski definition) is 3. The molecule has 0 radical (unpaired) electrons. The van der Waals surface area contributed by atoms with Crippen LogP contribution in [0.4, 0.5) is 4.79 Å². The first kappa shape index (κ1) is 5.89. The summed E-state index contributed by atoms with van der Waals surface area (Å²) in [5.74, 6) is 0. The van der Waals surface area contributed by atoms with Crippen LogP contribution in [0.5, 0.6) is 0 Å². The first-order valence-electron chi connectivity index (χ1n) is 2.52. The molecule has 4 heteroatoms. The topological polar surface area (TPSA) is 70.3 Å². The molecule has 4 nitrogen and oxygen atoms in total. The summed E-state index contributed by atoms with van der Waals surface area (Å²) in [6.45, 7) is 0. The van der Waals surface area contributed by atoms with Crippen LogP contribution in [0.3, 0.4) is 0 Å². The Morgan fingerprint density at radius 1 is 1.78 bits per heavy atom. The van der Waals surface area contributed by atoms with Crippen LogP contribution in [0.2, 0.25) is 0 Å². The number of carbonyl (C=O) groups is 1. The molecule has 1 aliphatic carbocycles. The van der Waals surface area contributed by atoms with Gasteiger partial charge in [-0.3, -0.25) is 0 Å². The van der Waals surface area contributed by atoms with Gasteiger partial charge in [-0.15, -0.1) is 0 Å². The zero-order valence-corrected chi connectivity index (χ0v) is 4.63. The minimum atomic E-state index is -1.37. The molecule has 0 aromatic heterocycles. The van der Waals surface area contributed by atoms with E-state index in [0.717, 1.165) is 0 Å². The van der Waals surface area contributed by atoms with Crippen LogP contribution in [0.1, 0.15) is 12.8 Å². The van der Waals surface area contributed by atoms with Crippen molar-refractivity contribution < 1.29 is 14.6 Å². The van der Waals surface area contributed by atoms with Crippen molar-refractivity contribution in [2.45, 2.75) is 18.4 Å². The van der Waals surface area contributed by atoms with Crippen LogP contribution in [0, 0.1) is 11.3 Å². The maximum absolute atomic E-state index is 9.84. The Labute approximate surface area is 51.7 Å². The molecule has 0 aromatic rings. The number of nitriles is 1. The zero-order chi connectivity index (χ0) is 6.91. The molecular formula is C5H5NO3. The highest BCUT2D eigenvalue weighted by atomic mass is 16.7. The van der Waals surface area contributed by atoms with Gasteiger partial charge in [0.25, 0.3) is 0 Å². The number of hydrogen-bond donors (Lipinski definition) is 1. The summed E-state index contributed by atoms with van der Waals surface area (Å²) >= 11 is 0. The molecular weight excluding hydrogens is 122 g/mol. The molecule has 1 aliphatic rings. The molecule has 0 spiro atoms. The second-order valence-electron chi connectivity index (χ2n) is 1.97. The Balaban J connectivity index is 2.45. The van der Waals surface area contributed by atoms with E-state index in [1.807, 2.05) is 0 Å². The minimum absolute atomic E-state index is 0.538. The quantitative estimate of drug-likeness (QED) is 0.527. The summed E-state index contributed by atoms with van der Waals surface area (Å²) < 4.78 is 4.25. The van der Waals surface area contributed by atoms with Crippen molar-refractivity contribution in [3.05, 3.63) is 0 Å². The molecule has 48 valence electrons. The average Bonchev–Trinajstić information content (AvgIpc) is 2.48. The predicted molar refractivity (Wildman–Crippen MR) is 26.7 cm³/mol. The Morgan fingerprint density at radius 3 is 2.44 bits per heavy atom. The first-order valence-corrected chi connectivity index (χ1v) is 2.52. The van der Waals surface area contributed by atoms with Gasteiger partial charge in [-0.2, -0.15) is 5.26 Å². The molecule has 0 heterocycles. The summed E-state index contributed by atoms with van der Waals surface area (Å²) in [6.07, 6.45) is -0.292. The van der Waals surface area contributed by atoms with Crippen LogP contribution in [-0.2, 0) is 4.74 Å². The fourth-order valence-electron chi connectivity index (χ4n) is 0.517. The molecule has 1 rings (SSSR count). The van der Waals surface area contributed by atoms with E-state index in [9.17, 15) is 4.79 Å². The second-order valence-corrected chi connectivity index (χ2v) is 1.97. The van der Waals surface area contributed by atoms with Crippen molar-refractivity contribution in [3.63, 3.8) is 0 Å². The summed E-state index contributed by atoms with van der Waals surface area (Å²) in [6, 6.07) is 1.78. The predicted octanol–water partition coefficient (Wildman–Crippen LogP) is 0.737. The molecule has 0 saturated heterocycles. The van der Waals surface area contributed by atoms with Gasteiger partial charge in [-0.05, 0) is 0 Å². The standard InChI is InChI=1S/C5H5NO3/c6-3-5(1-2-5)9-4(7)8/h1-2H2,(H,7,8). The van der Waals surface area contributed by atoms with Crippen LogP contribution >= 0.6 is 0 Å². The first-order chi connectivity index (χ1) is 4.18. The Bertz CT molecular complexity index is 177. The van der Waals surface area contributed by atoms with Crippen LogP contribution < -0.4 is 0 Å². The largest absolute Gasteiger partial charge is 0.507 e. The van der Waals surface area contributed by atoms with Gasteiger partial charge in [-0.25, -0.2) is 4.79 Å². The summed E-state index contributed by atoms with van der Waals surface area (Å²) in [4.78, 5) is 9.84. The van der Waals surface area contributed by atoms with E-state index >= 15 is 0 Å². The third-order valence-electron chi connectivity index (χ3n) is 1.19. The van der Waals surface area contributed by atoms with Gasteiger partial charge in [0.15, 0.2) is 0 Å². The highest BCUT2D eigenvalue weighted by Gasteiger charge is 2.47. The second kappa shape index (κ2) is 1.62. The van der Waals surface area contributed by atoms with Gasteiger partial charge in [-0.1, -0.05) is 0 Å². The lowest BCUT2D eigenvalue weighted by molar-refractivity contribution is 0.0623. The third kappa shape index (κ3) is 1.11. The number of ether oxygens (including phenoxy) is 1. The van der Waals surface area contributed by atoms with Crippen molar-refractivity contribution in [3.8, 4) is 6.07 Å². The molecule has 1 fully saturated rings. The lowest BCUT2D eigenvalue weighted by Gasteiger charge is -2.01. The van der Waals surface area contributed by atoms with E-state index < -0.39 is 11.8 Å². The van der Waals surface area contributed by atoms with Crippen molar-refractivity contribution >= 4 is 6.16 Å². The SMILES string of the molecule is N#CC1(OC(=O)O)CC1. The summed E-state index contributed by atoms with van der Waals surface area (Å²) in [5.41, 5.74) is -0.980. The smallest absolute Gasteiger partial charge is 0.450 e. The van der Waals surface area contributed by atoms with Gasteiger partial charge in [0.1, 0.15) is 6.07 Å². The molecule has 0 aliphatic heterocycles. The normalized spacial score (nSPS) is 19.9. The van der Waals surface area contributed by atoms with Gasteiger partial charge in [0.05, 0.1) is 0 Å². The van der Waals surface area contributed by atoms with Crippen molar-refractivity contribution in [1.29, 1.82) is 5.26 Å². The molecule has 9 heavy (non-hydrogen) atoms. The lowest BCUT2D eigenvalue weighted by atomic mass is 10.4. The Morgan fingerprint density at radius 2 is 2.33 bits per heavy atom. The van der Waals surface area contributed by atoms with Crippen LogP contribution in [-0.4, -0.2) is 16.9 Å². The highest BCUT2D eigenvalue weighted by Crippen LogP contribution is 2.38. The molecule has 0 aromatic carbocycles. The van der Waals surface area contributed by atoms with Gasteiger partial charge < -0.3 is 9.84 Å². The van der Waals surface area contributed by atoms with Gasteiger partial charge in [0.2, 0.25) is 5.60 Å². The van der Waals surface area contributed by atoms with E-state index in [1.165, 1.54) is 0 Å². The van der Waals surface area contributed by atoms with Crippen molar-refractivity contribution in [2.24, 2.45) is 0 Å². The van der Waals surface area contributed by atoms with E-state index in [-0.39, 0.29) is 0 Å². The average molecular weight is 127 g/mol. The number of nitrogens with zero attached hydrogens (tertiary/aromatic N) is 1. The molecule has 0 bridgehead atoms. The molecule has 0 atom stereocenters. The maximum atomic E-state index is 9.84. The number of rotatable bonds is 1. The van der Waals surface area contributed by atoms with Crippen LogP contribution in [0.25, 0.3) is 0 Å². The highest BCUT2D eigenvalue weighted by molar-refractivity contribution is 5.58. The molecule has 0 unspecified atom stereocenters. The van der Waals surface area contributed by atoms with Gasteiger partial charge in [0, 0.05) is 12.8 Å². The molecule has 1 N–H and O–H groups in total. The van der Waals surface area contributed by atoms with E-state index in [1.54, 1.807) is 6.07 Å². The summed E-state index contributed by atoms with van der Waals surface area (Å²) in [7, 11) is 0. The molecule has 0 amide bonds. The van der Waals surface area contributed by atoms with E-state index in [2.05, 4.69) is 4.74 Å². The van der Waals surface area contributed by atoms with Crippen molar-refractivity contribution in [2.75, 3.05) is 0 Å². The number of carboxylic acid groups (broad SMARTS) is 1. The summed E-state index contributed by atoms with van der Waals surface area (Å²) in [5, 5.41) is 16.3. The fourth-order valence-corrected chi connectivity index (χ4v) is 0.517. The monoisotopic (exact) mass is 127 g/mol. The minimum Gasteiger partial charge on any atom is -0.450 e. The zero-order valence-electron chi connectivity index (χ0n) is 4.63.